The quantitative estimate of drug-likeness (QED) is 0.880. The Balaban J connectivity index is 2.63. The third kappa shape index (κ3) is 2.22. The van der Waals surface area contributed by atoms with Crippen molar-refractivity contribution in [2.24, 2.45) is 0 Å². The highest BCUT2D eigenvalue weighted by Crippen LogP contribution is 2.26. The molecule has 0 spiro atoms. The van der Waals surface area contributed by atoms with Crippen LogP contribution in [0.1, 0.15) is 15.9 Å². The van der Waals surface area contributed by atoms with E-state index in [-0.39, 0.29) is 5.56 Å². The first-order valence-corrected chi connectivity index (χ1v) is 5.28. The highest BCUT2D eigenvalue weighted by atomic mass is 19.2. The van der Waals surface area contributed by atoms with E-state index in [4.69, 9.17) is 5.11 Å². The van der Waals surface area contributed by atoms with E-state index >= 15 is 0 Å². The Morgan fingerprint density at radius 1 is 1.06 bits per heavy atom. The number of aromatic carboxylic acids is 1. The van der Waals surface area contributed by atoms with Crippen LogP contribution in [-0.2, 0) is 0 Å². The molecule has 0 aromatic heterocycles. The number of aryl methyl sites for hydroxylation is 1. The van der Waals surface area contributed by atoms with Crippen molar-refractivity contribution in [2.45, 2.75) is 6.92 Å². The van der Waals surface area contributed by atoms with Gasteiger partial charge in [-0.05, 0) is 36.2 Å². The molecule has 0 saturated heterocycles. The van der Waals surface area contributed by atoms with Crippen molar-refractivity contribution in [3.8, 4) is 11.1 Å². The van der Waals surface area contributed by atoms with Crippen molar-refractivity contribution in [1.82, 2.24) is 0 Å². The van der Waals surface area contributed by atoms with Crippen LogP contribution < -0.4 is 0 Å². The predicted molar refractivity (Wildman–Crippen MR) is 63.5 cm³/mol. The van der Waals surface area contributed by atoms with Crippen molar-refractivity contribution in [3.63, 3.8) is 0 Å². The fourth-order valence-electron chi connectivity index (χ4n) is 1.75. The molecule has 0 heterocycles. The van der Waals surface area contributed by atoms with Gasteiger partial charge in [-0.1, -0.05) is 23.8 Å². The zero-order chi connectivity index (χ0) is 13.3. The van der Waals surface area contributed by atoms with Gasteiger partial charge >= 0.3 is 5.97 Å². The Labute approximate surface area is 103 Å². The molecule has 0 bridgehead atoms. The summed E-state index contributed by atoms with van der Waals surface area (Å²) in [5.74, 6) is -3.05. The molecule has 2 rings (SSSR count). The SMILES string of the molecule is Cc1ccc(-c2ccc(F)c(F)c2)c(C(=O)O)c1. The summed E-state index contributed by atoms with van der Waals surface area (Å²) in [7, 11) is 0. The molecule has 92 valence electrons. The van der Waals surface area contributed by atoms with Crippen molar-refractivity contribution >= 4 is 5.97 Å². The van der Waals surface area contributed by atoms with Gasteiger partial charge < -0.3 is 5.11 Å². The van der Waals surface area contributed by atoms with Crippen LogP contribution in [-0.4, -0.2) is 11.1 Å². The summed E-state index contributed by atoms with van der Waals surface area (Å²) in [5.41, 5.74) is 1.57. The lowest BCUT2D eigenvalue weighted by atomic mass is 9.98. The smallest absolute Gasteiger partial charge is 0.336 e. The number of benzene rings is 2. The lowest BCUT2D eigenvalue weighted by Crippen LogP contribution is -2.00. The predicted octanol–water partition coefficient (Wildman–Crippen LogP) is 3.64. The summed E-state index contributed by atoms with van der Waals surface area (Å²) >= 11 is 0. The van der Waals surface area contributed by atoms with Gasteiger partial charge in [0.15, 0.2) is 11.6 Å². The number of rotatable bonds is 2. The minimum Gasteiger partial charge on any atom is -0.478 e. The van der Waals surface area contributed by atoms with Crippen LogP contribution in [0.2, 0.25) is 0 Å². The summed E-state index contributed by atoms with van der Waals surface area (Å²) in [4.78, 5) is 11.1. The van der Waals surface area contributed by atoms with Crippen LogP contribution in [0.25, 0.3) is 11.1 Å². The summed E-state index contributed by atoms with van der Waals surface area (Å²) in [6, 6.07) is 8.14. The van der Waals surface area contributed by atoms with E-state index in [0.717, 1.165) is 17.7 Å². The average Bonchev–Trinajstić information content (AvgIpc) is 2.32. The number of carbonyl (C=O) groups is 1. The first-order valence-electron chi connectivity index (χ1n) is 5.28. The van der Waals surface area contributed by atoms with Gasteiger partial charge in [0.2, 0.25) is 0 Å². The highest BCUT2D eigenvalue weighted by molar-refractivity contribution is 5.96. The first-order chi connectivity index (χ1) is 8.49. The standard InChI is InChI=1S/C14H10F2O2/c1-8-2-4-10(11(6-8)14(17)18)9-3-5-12(15)13(16)7-9/h2-7H,1H3,(H,17,18). The molecular weight excluding hydrogens is 238 g/mol. The molecule has 0 aliphatic carbocycles. The molecule has 1 N–H and O–H groups in total. The van der Waals surface area contributed by atoms with Gasteiger partial charge in [0.05, 0.1) is 5.56 Å². The van der Waals surface area contributed by atoms with Crippen LogP contribution in [0.4, 0.5) is 8.78 Å². The number of hydrogen-bond donors (Lipinski definition) is 1. The Morgan fingerprint density at radius 2 is 1.78 bits per heavy atom. The zero-order valence-electron chi connectivity index (χ0n) is 9.58. The van der Waals surface area contributed by atoms with E-state index in [2.05, 4.69) is 0 Å². The first kappa shape index (κ1) is 12.2. The summed E-state index contributed by atoms with van der Waals surface area (Å²) in [6.45, 7) is 1.77. The molecular formula is C14H10F2O2. The number of carboxylic acids is 1. The Morgan fingerprint density at radius 3 is 2.39 bits per heavy atom. The molecule has 18 heavy (non-hydrogen) atoms. The summed E-state index contributed by atoms with van der Waals surface area (Å²) in [5, 5.41) is 9.11. The maximum atomic E-state index is 13.2. The lowest BCUT2D eigenvalue weighted by molar-refractivity contribution is 0.0697. The van der Waals surface area contributed by atoms with E-state index < -0.39 is 17.6 Å². The molecule has 0 unspecified atom stereocenters. The Hall–Kier alpha value is -2.23. The third-order valence-electron chi connectivity index (χ3n) is 2.64. The molecule has 4 heteroatoms. The molecule has 0 saturated carbocycles. The second kappa shape index (κ2) is 4.56. The van der Waals surface area contributed by atoms with E-state index in [1.807, 2.05) is 0 Å². The molecule has 0 amide bonds. The van der Waals surface area contributed by atoms with Gasteiger partial charge in [0, 0.05) is 0 Å². The number of hydrogen-bond acceptors (Lipinski definition) is 1. The van der Waals surface area contributed by atoms with E-state index in [0.29, 0.717) is 11.1 Å². The monoisotopic (exact) mass is 248 g/mol. The molecule has 0 atom stereocenters. The molecule has 2 aromatic rings. The zero-order valence-corrected chi connectivity index (χ0v) is 9.58. The molecule has 0 fully saturated rings. The number of halogens is 2. The largest absolute Gasteiger partial charge is 0.478 e. The van der Waals surface area contributed by atoms with Gasteiger partial charge in [0.25, 0.3) is 0 Å². The molecule has 2 aromatic carbocycles. The van der Waals surface area contributed by atoms with Crippen molar-refractivity contribution in [2.75, 3.05) is 0 Å². The molecule has 0 radical (unpaired) electrons. The average molecular weight is 248 g/mol. The topological polar surface area (TPSA) is 37.3 Å². The fraction of sp³-hybridized carbons (Fsp3) is 0.0714. The van der Waals surface area contributed by atoms with Crippen LogP contribution >= 0.6 is 0 Å². The van der Waals surface area contributed by atoms with E-state index in [1.54, 1.807) is 19.1 Å². The third-order valence-corrected chi connectivity index (χ3v) is 2.64. The normalized spacial score (nSPS) is 10.4. The fourth-order valence-corrected chi connectivity index (χ4v) is 1.75. The summed E-state index contributed by atoms with van der Waals surface area (Å²) in [6.07, 6.45) is 0. The molecule has 0 aliphatic heterocycles. The maximum absolute atomic E-state index is 13.2. The maximum Gasteiger partial charge on any atom is 0.336 e. The Bertz CT molecular complexity index is 621. The minimum atomic E-state index is -1.10. The summed E-state index contributed by atoms with van der Waals surface area (Å²) < 4.78 is 26.0. The highest BCUT2D eigenvalue weighted by Gasteiger charge is 2.13. The van der Waals surface area contributed by atoms with Gasteiger partial charge in [-0.15, -0.1) is 0 Å². The Kier molecular flexibility index (Phi) is 3.10. The van der Waals surface area contributed by atoms with Gasteiger partial charge in [-0.25, -0.2) is 13.6 Å². The van der Waals surface area contributed by atoms with Crippen molar-refractivity contribution < 1.29 is 18.7 Å². The van der Waals surface area contributed by atoms with Gasteiger partial charge in [-0.3, -0.25) is 0 Å². The second-order valence-corrected chi connectivity index (χ2v) is 3.98. The molecule has 2 nitrogen and oxygen atoms in total. The minimum absolute atomic E-state index is 0.0704. The second-order valence-electron chi connectivity index (χ2n) is 3.98. The van der Waals surface area contributed by atoms with E-state index in [1.165, 1.54) is 12.1 Å². The number of carboxylic acid groups (broad SMARTS) is 1. The van der Waals surface area contributed by atoms with Crippen LogP contribution in [0.15, 0.2) is 36.4 Å². The van der Waals surface area contributed by atoms with Crippen molar-refractivity contribution in [1.29, 1.82) is 0 Å². The van der Waals surface area contributed by atoms with Crippen LogP contribution in [0, 0.1) is 18.6 Å². The van der Waals surface area contributed by atoms with Crippen LogP contribution in [0.5, 0.6) is 0 Å². The van der Waals surface area contributed by atoms with Crippen LogP contribution in [0.3, 0.4) is 0 Å². The lowest BCUT2D eigenvalue weighted by Gasteiger charge is -2.07. The van der Waals surface area contributed by atoms with Crippen molar-refractivity contribution in [3.05, 3.63) is 59.2 Å². The van der Waals surface area contributed by atoms with Gasteiger partial charge in [-0.2, -0.15) is 0 Å². The van der Waals surface area contributed by atoms with E-state index in [9.17, 15) is 13.6 Å². The molecule has 0 aliphatic rings. The van der Waals surface area contributed by atoms with Gasteiger partial charge in [0.1, 0.15) is 0 Å².